The fourth-order valence-electron chi connectivity index (χ4n) is 4.77. The Labute approximate surface area is 172 Å². The number of nitrogens with zero attached hydrogens (tertiary/aromatic N) is 1. The van der Waals surface area contributed by atoms with Crippen molar-refractivity contribution >= 4 is 0 Å². The first-order valence-electron chi connectivity index (χ1n) is 9.94. The standard InChI is InChI=1S/C23H29NO5/c1-25-19-10-15-8-9-24-13-17-14(6-7-18(24)16(15)12-20(19)26-2)11-21(27-3)23(29-5)22(17)28-4/h10-12,18H,6-9,13H2,1-5H3/t18-/m0/s1. The number of hydrogen-bond donors (Lipinski definition) is 0. The molecule has 6 heteroatoms. The van der Waals surface area contributed by atoms with Gasteiger partial charge in [-0.3, -0.25) is 4.90 Å². The predicted molar refractivity (Wildman–Crippen MR) is 111 cm³/mol. The molecule has 4 rings (SSSR count). The van der Waals surface area contributed by atoms with Crippen molar-refractivity contribution in [2.45, 2.75) is 31.8 Å². The van der Waals surface area contributed by atoms with Gasteiger partial charge in [-0.1, -0.05) is 0 Å². The molecule has 0 spiro atoms. The fourth-order valence-corrected chi connectivity index (χ4v) is 4.77. The maximum Gasteiger partial charge on any atom is 0.203 e. The number of fused-ring (bicyclic) bond motifs is 4. The zero-order chi connectivity index (χ0) is 20.5. The van der Waals surface area contributed by atoms with Crippen molar-refractivity contribution in [3.8, 4) is 28.7 Å². The van der Waals surface area contributed by atoms with Gasteiger partial charge < -0.3 is 23.7 Å². The van der Waals surface area contributed by atoms with Crippen LogP contribution in [0.5, 0.6) is 28.7 Å². The zero-order valence-corrected chi connectivity index (χ0v) is 17.8. The second-order valence-corrected chi connectivity index (χ2v) is 7.46. The monoisotopic (exact) mass is 399 g/mol. The van der Waals surface area contributed by atoms with Crippen LogP contribution in [-0.4, -0.2) is 47.0 Å². The molecule has 2 aliphatic heterocycles. The quantitative estimate of drug-likeness (QED) is 0.763. The van der Waals surface area contributed by atoms with Gasteiger partial charge in [0.2, 0.25) is 5.75 Å². The summed E-state index contributed by atoms with van der Waals surface area (Å²) in [6.45, 7) is 1.81. The van der Waals surface area contributed by atoms with Gasteiger partial charge >= 0.3 is 0 Å². The summed E-state index contributed by atoms with van der Waals surface area (Å²) < 4.78 is 28.0. The molecule has 2 aromatic carbocycles. The molecule has 2 aromatic rings. The molecule has 0 saturated heterocycles. The van der Waals surface area contributed by atoms with Crippen LogP contribution in [-0.2, 0) is 19.4 Å². The largest absolute Gasteiger partial charge is 0.493 e. The van der Waals surface area contributed by atoms with E-state index >= 15 is 0 Å². The van der Waals surface area contributed by atoms with Gasteiger partial charge in [0.1, 0.15) is 0 Å². The number of aryl methyl sites for hydroxylation is 1. The van der Waals surface area contributed by atoms with Crippen LogP contribution in [0.3, 0.4) is 0 Å². The van der Waals surface area contributed by atoms with E-state index in [0.717, 1.165) is 55.4 Å². The Balaban J connectivity index is 1.76. The first-order chi connectivity index (χ1) is 14.1. The van der Waals surface area contributed by atoms with Crippen molar-refractivity contribution in [2.24, 2.45) is 0 Å². The first kappa shape index (κ1) is 19.7. The molecule has 0 bridgehead atoms. The SMILES string of the molecule is COc1cc2c(cc1OC)[C@@H]1CCc3cc(OC)c(OC)c(OC)c3CN1CC2. The molecule has 0 radical (unpaired) electrons. The minimum atomic E-state index is 0.327. The summed E-state index contributed by atoms with van der Waals surface area (Å²) in [5.74, 6) is 3.75. The fraction of sp³-hybridized carbons (Fsp3) is 0.478. The van der Waals surface area contributed by atoms with Crippen molar-refractivity contribution in [2.75, 3.05) is 42.1 Å². The maximum absolute atomic E-state index is 5.78. The third kappa shape index (κ3) is 3.25. The van der Waals surface area contributed by atoms with E-state index in [0.29, 0.717) is 11.8 Å². The van der Waals surface area contributed by atoms with E-state index in [9.17, 15) is 0 Å². The number of hydrogen-bond acceptors (Lipinski definition) is 6. The van der Waals surface area contributed by atoms with Crippen LogP contribution >= 0.6 is 0 Å². The van der Waals surface area contributed by atoms with Crippen LogP contribution < -0.4 is 23.7 Å². The predicted octanol–water partition coefficient (Wildman–Crippen LogP) is 3.78. The molecular formula is C23H29NO5. The Morgan fingerprint density at radius 3 is 2.03 bits per heavy atom. The van der Waals surface area contributed by atoms with E-state index < -0.39 is 0 Å². The minimum Gasteiger partial charge on any atom is -0.493 e. The van der Waals surface area contributed by atoms with Crippen LogP contribution in [0.2, 0.25) is 0 Å². The summed E-state index contributed by atoms with van der Waals surface area (Å²) in [7, 11) is 8.40. The highest BCUT2D eigenvalue weighted by atomic mass is 16.5. The van der Waals surface area contributed by atoms with Crippen molar-refractivity contribution in [3.05, 3.63) is 40.5 Å². The lowest BCUT2D eigenvalue weighted by Gasteiger charge is -2.36. The topological polar surface area (TPSA) is 49.4 Å². The average molecular weight is 399 g/mol. The van der Waals surface area contributed by atoms with E-state index in [1.54, 1.807) is 35.5 Å². The van der Waals surface area contributed by atoms with E-state index in [4.69, 9.17) is 23.7 Å². The molecule has 156 valence electrons. The van der Waals surface area contributed by atoms with Crippen LogP contribution in [0, 0.1) is 0 Å². The molecule has 2 heterocycles. The lowest BCUT2D eigenvalue weighted by molar-refractivity contribution is 0.171. The van der Waals surface area contributed by atoms with Gasteiger partial charge in [0.25, 0.3) is 0 Å². The molecule has 0 aliphatic carbocycles. The molecule has 0 N–H and O–H groups in total. The van der Waals surface area contributed by atoms with Gasteiger partial charge in [-0.25, -0.2) is 0 Å². The molecule has 0 unspecified atom stereocenters. The highest BCUT2D eigenvalue weighted by Gasteiger charge is 2.33. The summed E-state index contributed by atoms with van der Waals surface area (Å²) in [5, 5.41) is 0. The summed E-state index contributed by atoms with van der Waals surface area (Å²) in [6, 6.07) is 6.72. The Morgan fingerprint density at radius 1 is 0.724 bits per heavy atom. The van der Waals surface area contributed by atoms with Gasteiger partial charge in [0.15, 0.2) is 23.0 Å². The molecule has 1 atom stereocenters. The lowest BCUT2D eigenvalue weighted by Crippen LogP contribution is -2.34. The van der Waals surface area contributed by atoms with E-state index in [-0.39, 0.29) is 0 Å². The van der Waals surface area contributed by atoms with Crippen molar-refractivity contribution in [1.29, 1.82) is 0 Å². The van der Waals surface area contributed by atoms with Gasteiger partial charge in [0.05, 0.1) is 35.5 Å². The molecule has 0 saturated carbocycles. The molecule has 0 amide bonds. The normalized spacial score (nSPS) is 18.0. The third-order valence-corrected chi connectivity index (χ3v) is 6.19. The molecule has 6 nitrogen and oxygen atoms in total. The molecule has 0 aromatic heterocycles. The Bertz CT molecular complexity index is 911. The van der Waals surface area contributed by atoms with Gasteiger partial charge in [-0.15, -0.1) is 0 Å². The van der Waals surface area contributed by atoms with Crippen LogP contribution in [0.4, 0.5) is 0 Å². The van der Waals surface area contributed by atoms with Gasteiger partial charge in [-0.2, -0.15) is 0 Å². The lowest BCUT2D eigenvalue weighted by atomic mass is 9.89. The molecular weight excluding hydrogens is 370 g/mol. The molecule has 0 fully saturated rings. The number of rotatable bonds is 5. The summed E-state index contributed by atoms with van der Waals surface area (Å²) in [6.07, 6.45) is 2.95. The van der Waals surface area contributed by atoms with E-state index in [1.807, 2.05) is 0 Å². The van der Waals surface area contributed by atoms with E-state index in [1.165, 1.54) is 22.3 Å². The average Bonchev–Trinajstić information content (AvgIpc) is 2.95. The Morgan fingerprint density at radius 2 is 1.38 bits per heavy atom. The van der Waals surface area contributed by atoms with E-state index in [2.05, 4.69) is 23.1 Å². The Hall–Kier alpha value is -2.60. The summed E-state index contributed by atoms with van der Waals surface area (Å²) >= 11 is 0. The molecule has 2 aliphatic rings. The highest BCUT2D eigenvalue weighted by molar-refractivity contribution is 5.60. The van der Waals surface area contributed by atoms with Crippen molar-refractivity contribution in [1.82, 2.24) is 4.90 Å². The van der Waals surface area contributed by atoms with Gasteiger partial charge in [-0.05, 0) is 54.2 Å². The highest BCUT2D eigenvalue weighted by Crippen LogP contribution is 2.47. The van der Waals surface area contributed by atoms with Crippen LogP contribution in [0.25, 0.3) is 0 Å². The first-order valence-corrected chi connectivity index (χ1v) is 9.94. The zero-order valence-electron chi connectivity index (χ0n) is 17.8. The second-order valence-electron chi connectivity index (χ2n) is 7.46. The van der Waals surface area contributed by atoms with Crippen LogP contribution in [0.15, 0.2) is 18.2 Å². The molecule has 29 heavy (non-hydrogen) atoms. The number of benzene rings is 2. The van der Waals surface area contributed by atoms with Crippen molar-refractivity contribution in [3.63, 3.8) is 0 Å². The minimum absolute atomic E-state index is 0.327. The Kier molecular flexibility index (Phi) is 5.46. The summed E-state index contributed by atoms with van der Waals surface area (Å²) in [4.78, 5) is 2.54. The maximum atomic E-state index is 5.78. The second kappa shape index (κ2) is 8.03. The number of ether oxygens (including phenoxy) is 5. The summed E-state index contributed by atoms with van der Waals surface area (Å²) in [5.41, 5.74) is 5.13. The third-order valence-electron chi connectivity index (χ3n) is 6.19. The number of methoxy groups -OCH3 is 5. The smallest absolute Gasteiger partial charge is 0.203 e. The van der Waals surface area contributed by atoms with Gasteiger partial charge in [0, 0.05) is 24.7 Å². The van der Waals surface area contributed by atoms with Crippen molar-refractivity contribution < 1.29 is 23.7 Å². The van der Waals surface area contributed by atoms with Crippen LogP contribution in [0.1, 0.15) is 34.7 Å².